The van der Waals surface area contributed by atoms with E-state index in [1.54, 1.807) is 33.8 Å². The van der Waals surface area contributed by atoms with Gasteiger partial charge in [0.15, 0.2) is 5.78 Å². The first-order chi connectivity index (χ1) is 19.0. The summed E-state index contributed by atoms with van der Waals surface area (Å²) < 4.78 is 15.5. The Morgan fingerprint density at radius 2 is 1.69 bits per heavy atom. The molecule has 1 unspecified atom stereocenters. The Labute approximate surface area is 230 Å². The number of Topliss-reactive ketones (excluding diaryl/α,β-unsaturated/α-hetero) is 1. The molecule has 6 nitrogen and oxygen atoms in total. The van der Waals surface area contributed by atoms with E-state index in [4.69, 9.17) is 22.4 Å². The van der Waals surface area contributed by atoms with Gasteiger partial charge in [0.05, 0.1) is 28.9 Å². The van der Waals surface area contributed by atoms with Gasteiger partial charge < -0.3 is 5.73 Å². The third-order valence-corrected chi connectivity index (χ3v) is 7.44. The fourth-order valence-electron chi connectivity index (χ4n) is 5.43. The lowest BCUT2D eigenvalue weighted by Crippen LogP contribution is -2.38. The number of anilines is 1. The van der Waals surface area contributed by atoms with Crippen LogP contribution in [0.4, 0.5) is 10.1 Å². The highest BCUT2D eigenvalue weighted by Crippen LogP contribution is 2.48. The summed E-state index contributed by atoms with van der Waals surface area (Å²) in [7, 11) is 0. The van der Waals surface area contributed by atoms with E-state index < -0.39 is 5.92 Å². The number of nitrogens with zero attached hydrogens (tertiary/aromatic N) is 4. The molecule has 0 fully saturated rings. The Hall–Kier alpha value is -4.67. The molecule has 1 aliphatic heterocycles. The Balaban J connectivity index is 1.61. The molecule has 0 saturated heterocycles. The quantitative estimate of drug-likeness (QED) is 0.316. The Bertz CT molecular complexity index is 1680. The first-order valence-corrected chi connectivity index (χ1v) is 13.0. The summed E-state index contributed by atoms with van der Waals surface area (Å²) in [4.78, 5) is 15.3. The highest BCUT2D eigenvalue weighted by Gasteiger charge is 2.42. The van der Waals surface area contributed by atoms with Crippen molar-refractivity contribution in [1.29, 1.82) is 5.26 Å². The zero-order valence-corrected chi connectivity index (χ0v) is 21.6. The van der Waals surface area contributed by atoms with Gasteiger partial charge in [0.25, 0.3) is 0 Å². The van der Waals surface area contributed by atoms with Gasteiger partial charge in [-0.1, -0.05) is 41.9 Å². The zero-order chi connectivity index (χ0) is 27.1. The summed E-state index contributed by atoms with van der Waals surface area (Å²) in [6.45, 7) is 0. The molecule has 1 atom stereocenters. The number of hydrogen-bond donors (Lipinski definition) is 1. The van der Waals surface area contributed by atoms with Crippen LogP contribution in [0, 0.1) is 17.1 Å². The van der Waals surface area contributed by atoms with Gasteiger partial charge in [-0.25, -0.2) is 9.07 Å². The molecule has 1 aromatic heterocycles. The lowest BCUT2D eigenvalue weighted by molar-refractivity contribution is -0.116. The summed E-state index contributed by atoms with van der Waals surface area (Å²) in [6.07, 6.45) is 3.49. The van der Waals surface area contributed by atoms with Crippen LogP contribution < -0.4 is 10.6 Å². The fourth-order valence-corrected chi connectivity index (χ4v) is 5.55. The maximum Gasteiger partial charge on any atom is 0.161 e. The Morgan fingerprint density at radius 1 is 0.974 bits per heavy atom. The first kappa shape index (κ1) is 24.7. The van der Waals surface area contributed by atoms with E-state index in [1.165, 1.54) is 12.1 Å². The number of aromatic nitrogens is 2. The first-order valence-electron chi connectivity index (χ1n) is 12.6. The van der Waals surface area contributed by atoms with E-state index in [-0.39, 0.29) is 23.0 Å². The lowest BCUT2D eigenvalue weighted by Gasteiger charge is -2.39. The summed E-state index contributed by atoms with van der Waals surface area (Å²) in [5, 5.41) is 15.9. The van der Waals surface area contributed by atoms with Crippen LogP contribution in [0.2, 0.25) is 5.02 Å². The molecule has 2 aliphatic rings. The molecular weight excluding hydrogens is 513 g/mol. The number of allylic oxidation sites excluding steroid dienone is 3. The average Bonchev–Trinajstić information content (AvgIpc) is 3.39. The van der Waals surface area contributed by atoms with E-state index in [1.807, 2.05) is 48.7 Å². The summed E-state index contributed by atoms with van der Waals surface area (Å²) >= 11 is 6.17. The summed E-state index contributed by atoms with van der Waals surface area (Å²) in [5.41, 5.74) is 11.8. The number of carbonyl (C=O) groups is 1. The molecule has 0 radical (unpaired) electrons. The molecule has 2 N–H and O–H groups in total. The van der Waals surface area contributed by atoms with Gasteiger partial charge in [0, 0.05) is 45.7 Å². The molecule has 0 bridgehead atoms. The number of carbonyl (C=O) groups excluding carboxylic acids is 1. The predicted molar refractivity (Wildman–Crippen MR) is 148 cm³/mol. The summed E-state index contributed by atoms with van der Waals surface area (Å²) in [5.74, 6) is -0.913. The molecular formula is C31H23ClFN5O. The van der Waals surface area contributed by atoms with E-state index in [2.05, 4.69) is 6.07 Å². The maximum atomic E-state index is 13.7. The molecule has 39 heavy (non-hydrogen) atoms. The Kier molecular flexibility index (Phi) is 6.26. The van der Waals surface area contributed by atoms with Crippen molar-refractivity contribution in [2.24, 2.45) is 5.73 Å². The minimum atomic E-state index is -0.711. The van der Waals surface area contributed by atoms with Gasteiger partial charge in [0.1, 0.15) is 11.6 Å². The molecule has 2 heterocycles. The van der Waals surface area contributed by atoms with Crippen molar-refractivity contribution in [3.63, 3.8) is 0 Å². The van der Waals surface area contributed by atoms with Crippen molar-refractivity contribution in [2.45, 2.75) is 25.2 Å². The number of para-hydroxylation sites is 1. The largest absolute Gasteiger partial charge is 0.384 e. The van der Waals surface area contributed by atoms with E-state index in [0.29, 0.717) is 46.8 Å². The predicted octanol–water partition coefficient (Wildman–Crippen LogP) is 6.64. The highest BCUT2D eigenvalue weighted by atomic mass is 35.5. The van der Waals surface area contributed by atoms with Crippen molar-refractivity contribution in [2.75, 3.05) is 4.90 Å². The van der Waals surface area contributed by atoms with Gasteiger partial charge in [-0.05, 0) is 61.4 Å². The molecule has 8 heteroatoms. The van der Waals surface area contributed by atoms with Crippen LogP contribution >= 0.6 is 11.6 Å². The van der Waals surface area contributed by atoms with Crippen LogP contribution in [0.15, 0.2) is 108 Å². The topological polar surface area (TPSA) is 87.9 Å². The van der Waals surface area contributed by atoms with Crippen molar-refractivity contribution in [3.05, 3.63) is 124 Å². The Morgan fingerprint density at radius 3 is 2.38 bits per heavy atom. The van der Waals surface area contributed by atoms with E-state index >= 15 is 0 Å². The number of ketones is 1. The third kappa shape index (κ3) is 4.29. The van der Waals surface area contributed by atoms with Gasteiger partial charge in [0.2, 0.25) is 0 Å². The molecule has 0 spiro atoms. The van der Waals surface area contributed by atoms with Gasteiger partial charge in [-0.3, -0.25) is 9.69 Å². The van der Waals surface area contributed by atoms with E-state index in [9.17, 15) is 14.4 Å². The van der Waals surface area contributed by atoms with E-state index in [0.717, 1.165) is 16.9 Å². The summed E-state index contributed by atoms with van der Waals surface area (Å²) in [6, 6.07) is 25.1. The number of nitriles is 1. The fraction of sp³-hybridized carbons (Fsp3) is 0.129. The second-order valence-corrected chi connectivity index (χ2v) is 9.95. The van der Waals surface area contributed by atoms with Crippen LogP contribution in [-0.4, -0.2) is 15.6 Å². The standard InChI is InChI=1S/C31H23ClFN5O/c32-20-11-9-19(10-12-20)30-25(18-37(36-30)22-5-2-1-3-6-22)28-24(17-34)31(35)38(23-15-13-21(33)14-16-23)26-7-4-8-27(39)29(26)28/h1-3,5-6,9-16,18,28H,4,7-8,35H2. The second-order valence-electron chi connectivity index (χ2n) is 9.51. The van der Waals surface area contributed by atoms with Gasteiger partial charge in [-0.15, -0.1) is 0 Å². The highest BCUT2D eigenvalue weighted by molar-refractivity contribution is 6.30. The molecule has 6 rings (SSSR count). The molecule has 0 saturated carbocycles. The number of hydrogen-bond acceptors (Lipinski definition) is 5. The minimum Gasteiger partial charge on any atom is -0.384 e. The van der Waals surface area contributed by atoms with Crippen molar-refractivity contribution >= 4 is 23.1 Å². The van der Waals surface area contributed by atoms with Crippen molar-refractivity contribution < 1.29 is 9.18 Å². The number of benzene rings is 3. The molecule has 4 aromatic rings. The minimum absolute atomic E-state index is 0.0388. The monoisotopic (exact) mass is 535 g/mol. The number of halogens is 2. The van der Waals surface area contributed by atoms with Crippen LogP contribution in [0.25, 0.3) is 16.9 Å². The van der Waals surface area contributed by atoms with Gasteiger partial charge >= 0.3 is 0 Å². The number of nitrogens with two attached hydrogens (primary N) is 1. The molecule has 3 aromatic carbocycles. The molecule has 192 valence electrons. The lowest BCUT2D eigenvalue weighted by atomic mass is 9.75. The van der Waals surface area contributed by atoms with Crippen LogP contribution in [0.1, 0.15) is 30.7 Å². The normalized spacial score (nSPS) is 17.3. The second kappa shape index (κ2) is 9.90. The zero-order valence-electron chi connectivity index (χ0n) is 20.8. The van der Waals surface area contributed by atoms with Crippen LogP contribution in [0.5, 0.6) is 0 Å². The average molecular weight is 536 g/mol. The third-order valence-electron chi connectivity index (χ3n) is 7.19. The number of rotatable bonds is 4. The smallest absolute Gasteiger partial charge is 0.161 e. The molecule has 0 amide bonds. The van der Waals surface area contributed by atoms with Gasteiger partial charge in [-0.2, -0.15) is 10.4 Å². The van der Waals surface area contributed by atoms with Crippen LogP contribution in [0.3, 0.4) is 0 Å². The van der Waals surface area contributed by atoms with Crippen LogP contribution in [-0.2, 0) is 4.79 Å². The van der Waals surface area contributed by atoms with Crippen molar-refractivity contribution in [3.8, 4) is 23.0 Å². The van der Waals surface area contributed by atoms with Crippen molar-refractivity contribution in [1.82, 2.24) is 9.78 Å². The maximum absolute atomic E-state index is 13.7. The SMILES string of the molecule is N#CC1=C(N)N(c2ccc(F)cc2)C2=C(C(=O)CCC2)C1c1cn(-c2ccccc2)nc1-c1ccc(Cl)cc1. The molecule has 1 aliphatic carbocycles.